The third-order valence-electron chi connectivity index (χ3n) is 2.88. The number of nitrogens with one attached hydrogen (secondary N) is 1. The minimum Gasteiger partial charge on any atom is -0.494 e. The topological polar surface area (TPSA) is 50.7 Å². The second-order valence-electron chi connectivity index (χ2n) is 5.19. The van der Waals surface area contributed by atoms with Gasteiger partial charge in [0.25, 0.3) is 0 Å². The molecule has 0 fully saturated rings. The molecular formula is C16H27NO3. The first kappa shape index (κ1) is 17.0. The summed E-state index contributed by atoms with van der Waals surface area (Å²) in [5, 5.41) is 11.9. The molecule has 0 aliphatic carbocycles. The average Bonchev–Trinajstić information content (AvgIpc) is 2.44. The number of aliphatic hydroxyl groups excluding tert-OH is 1. The maximum atomic E-state index is 8.56. The molecule has 0 aliphatic heterocycles. The average molecular weight is 281 g/mol. The van der Waals surface area contributed by atoms with Crippen molar-refractivity contribution in [2.24, 2.45) is 5.92 Å². The summed E-state index contributed by atoms with van der Waals surface area (Å²) in [6, 6.07) is 8.18. The van der Waals surface area contributed by atoms with Crippen LogP contribution in [0, 0.1) is 5.92 Å². The molecule has 1 aromatic carbocycles. The van der Waals surface area contributed by atoms with E-state index in [4.69, 9.17) is 14.6 Å². The zero-order chi connectivity index (χ0) is 14.6. The van der Waals surface area contributed by atoms with Gasteiger partial charge in [-0.15, -0.1) is 0 Å². The molecule has 0 bridgehead atoms. The predicted molar refractivity (Wildman–Crippen MR) is 81.0 cm³/mol. The van der Waals surface area contributed by atoms with Crippen LogP contribution in [-0.4, -0.2) is 38.1 Å². The third kappa shape index (κ3) is 8.15. The van der Waals surface area contributed by atoms with E-state index in [1.165, 1.54) is 5.56 Å². The minimum atomic E-state index is 0.0816. The van der Waals surface area contributed by atoms with Crippen molar-refractivity contribution in [1.29, 1.82) is 0 Å². The Morgan fingerprint density at radius 2 is 1.85 bits per heavy atom. The number of hydrogen-bond donors (Lipinski definition) is 2. The molecule has 0 aliphatic rings. The molecule has 0 aromatic heterocycles. The first-order chi connectivity index (χ1) is 9.72. The van der Waals surface area contributed by atoms with Crippen LogP contribution in [0.4, 0.5) is 0 Å². The Morgan fingerprint density at radius 1 is 1.10 bits per heavy atom. The summed E-state index contributed by atoms with van der Waals surface area (Å²) in [4.78, 5) is 0. The Balaban J connectivity index is 2.15. The van der Waals surface area contributed by atoms with Gasteiger partial charge in [-0.1, -0.05) is 26.0 Å². The van der Waals surface area contributed by atoms with Crippen molar-refractivity contribution < 1.29 is 14.6 Å². The van der Waals surface area contributed by atoms with Gasteiger partial charge in [-0.05, 0) is 30.0 Å². The van der Waals surface area contributed by atoms with Crippen molar-refractivity contribution in [2.75, 3.05) is 33.0 Å². The number of ether oxygens (including phenoxy) is 2. The van der Waals surface area contributed by atoms with Crippen molar-refractivity contribution in [1.82, 2.24) is 5.32 Å². The summed E-state index contributed by atoms with van der Waals surface area (Å²) in [6.07, 6.45) is 1.08. The van der Waals surface area contributed by atoms with Gasteiger partial charge in [0.15, 0.2) is 0 Å². The van der Waals surface area contributed by atoms with Gasteiger partial charge in [0.05, 0.1) is 26.4 Å². The lowest BCUT2D eigenvalue weighted by Crippen LogP contribution is -2.19. The monoisotopic (exact) mass is 281 g/mol. The number of rotatable bonds is 11. The van der Waals surface area contributed by atoms with Gasteiger partial charge < -0.3 is 19.9 Å². The quantitative estimate of drug-likeness (QED) is 0.611. The summed E-state index contributed by atoms with van der Waals surface area (Å²) in [5.74, 6) is 1.60. The fourth-order valence-electron chi connectivity index (χ4n) is 1.66. The SMILES string of the molecule is CC(C)CCOc1ccc(CNCCOCCO)cc1. The summed E-state index contributed by atoms with van der Waals surface area (Å²) in [6.45, 7) is 7.88. The molecular weight excluding hydrogens is 254 g/mol. The molecule has 1 aromatic rings. The first-order valence-electron chi connectivity index (χ1n) is 7.33. The van der Waals surface area contributed by atoms with Crippen LogP contribution in [0.5, 0.6) is 5.75 Å². The van der Waals surface area contributed by atoms with E-state index in [1.54, 1.807) is 0 Å². The molecule has 0 saturated carbocycles. The zero-order valence-electron chi connectivity index (χ0n) is 12.6. The Bertz CT molecular complexity index is 338. The van der Waals surface area contributed by atoms with Crippen molar-refractivity contribution in [3.63, 3.8) is 0 Å². The molecule has 0 atom stereocenters. The van der Waals surface area contributed by atoms with Gasteiger partial charge in [0.1, 0.15) is 5.75 Å². The molecule has 1 rings (SSSR count). The van der Waals surface area contributed by atoms with E-state index in [9.17, 15) is 0 Å². The van der Waals surface area contributed by atoms with E-state index < -0.39 is 0 Å². The lowest BCUT2D eigenvalue weighted by molar-refractivity contribution is 0.0938. The van der Waals surface area contributed by atoms with Gasteiger partial charge in [-0.2, -0.15) is 0 Å². The third-order valence-corrected chi connectivity index (χ3v) is 2.88. The normalized spacial score (nSPS) is 11.0. The van der Waals surface area contributed by atoms with Crippen LogP contribution in [0.3, 0.4) is 0 Å². The highest BCUT2D eigenvalue weighted by Crippen LogP contribution is 2.13. The van der Waals surface area contributed by atoms with Crippen LogP contribution in [0.15, 0.2) is 24.3 Å². The summed E-state index contributed by atoms with van der Waals surface area (Å²) >= 11 is 0. The Kier molecular flexibility index (Phi) is 9.04. The van der Waals surface area contributed by atoms with E-state index in [0.717, 1.165) is 31.9 Å². The largest absolute Gasteiger partial charge is 0.494 e. The van der Waals surface area contributed by atoms with Crippen molar-refractivity contribution in [3.8, 4) is 5.75 Å². The second-order valence-corrected chi connectivity index (χ2v) is 5.19. The van der Waals surface area contributed by atoms with Crippen LogP contribution in [-0.2, 0) is 11.3 Å². The molecule has 0 heterocycles. The lowest BCUT2D eigenvalue weighted by Gasteiger charge is -2.09. The molecule has 2 N–H and O–H groups in total. The van der Waals surface area contributed by atoms with Crippen molar-refractivity contribution >= 4 is 0 Å². The zero-order valence-corrected chi connectivity index (χ0v) is 12.6. The fourth-order valence-corrected chi connectivity index (χ4v) is 1.66. The van der Waals surface area contributed by atoms with Crippen LogP contribution >= 0.6 is 0 Å². The second kappa shape index (κ2) is 10.7. The van der Waals surface area contributed by atoms with Gasteiger partial charge in [-0.25, -0.2) is 0 Å². The molecule has 0 radical (unpaired) electrons. The van der Waals surface area contributed by atoms with Crippen LogP contribution in [0.25, 0.3) is 0 Å². The number of benzene rings is 1. The smallest absolute Gasteiger partial charge is 0.119 e. The number of aliphatic hydroxyl groups is 1. The van der Waals surface area contributed by atoms with Crippen molar-refractivity contribution in [2.45, 2.75) is 26.8 Å². The maximum Gasteiger partial charge on any atom is 0.119 e. The highest BCUT2D eigenvalue weighted by molar-refractivity contribution is 5.27. The number of hydrogen-bond acceptors (Lipinski definition) is 4. The lowest BCUT2D eigenvalue weighted by atomic mass is 10.1. The highest BCUT2D eigenvalue weighted by Gasteiger charge is 1.98. The van der Waals surface area contributed by atoms with E-state index in [2.05, 4.69) is 31.3 Å². The summed E-state index contributed by atoms with van der Waals surface area (Å²) < 4.78 is 10.8. The highest BCUT2D eigenvalue weighted by atomic mass is 16.5. The Hall–Kier alpha value is -1.10. The Labute approximate surface area is 122 Å². The molecule has 114 valence electrons. The fraction of sp³-hybridized carbons (Fsp3) is 0.625. The molecule has 0 unspecified atom stereocenters. The van der Waals surface area contributed by atoms with Crippen molar-refractivity contribution in [3.05, 3.63) is 29.8 Å². The molecule has 20 heavy (non-hydrogen) atoms. The van der Waals surface area contributed by atoms with E-state index in [0.29, 0.717) is 19.1 Å². The van der Waals surface area contributed by atoms with Gasteiger partial charge in [0, 0.05) is 13.1 Å². The van der Waals surface area contributed by atoms with Gasteiger partial charge >= 0.3 is 0 Å². The molecule has 0 saturated heterocycles. The molecule has 4 nitrogen and oxygen atoms in total. The maximum absolute atomic E-state index is 8.56. The van der Waals surface area contributed by atoms with Crippen LogP contribution in [0.1, 0.15) is 25.8 Å². The standard InChI is InChI=1S/C16H27NO3/c1-14(2)7-10-20-16-5-3-15(4-6-16)13-17-8-11-19-12-9-18/h3-6,14,17-18H,7-13H2,1-2H3. The minimum absolute atomic E-state index is 0.0816. The van der Waals surface area contributed by atoms with Crippen LogP contribution in [0.2, 0.25) is 0 Å². The molecule has 4 heteroatoms. The van der Waals surface area contributed by atoms with Gasteiger partial charge in [0.2, 0.25) is 0 Å². The summed E-state index contributed by atoms with van der Waals surface area (Å²) in [5.41, 5.74) is 1.23. The first-order valence-corrected chi connectivity index (χ1v) is 7.33. The Morgan fingerprint density at radius 3 is 2.50 bits per heavy atom. The van der Waals surface area contributed by atoms with Crippen LogP contribution < -0.4 is 10.1 Å². The summed E-state index contributed by atoms with van der Waals surface area (Å²) in [7, 11) is 0. The van der Waals surface area contributed by atoms with E-state index in [1.807, 2.05) is 12.1 Å². The van der Waals surface area contributed by atoms with Gasteiger partial charge in [-0.3, -0.25) is 0 Å². The molecule has 0 amide bonds. The van der Waals surface area contributed by atoms with E-state index >= 15 is 0 Å². The molecule has 0 spiro atoms. The predicted octanol–water partition coefficient (Wildman–Crippen LogP) is 2.21. The van der Waals surface area contributed by atoms with E-state index in [-0.39, 0.29) is 6.61 Å².